The summed E-state index contributed by atoms with van der Waals surface area (Å²) in [6.07, 6.45) is 0. The molecule has 2 amide bonds. The zero-order valence-electron chi connectivity index (χ0n) is 14.0. The van der Waals surface area contributed by atoms with Crippen LogP contribution in [0.15, 0.2) is 48.5 Å². The highest BCUT2D eigenvalue weighted by molar-refractivity contribution is 6.30. The molecule has 0 unspecified atom stereocenters. The fraction of sp³-hybridized carbons (Fsp3) is 0.263. The number of nitrogens with one attached hydrogen (secondary N) is 1. The monoisotopic (exact) mass is 344 g/mol. The lowest BCUT2D eigenvalue weighted by Crippen LogP contribution is -2.37. The molecule has 126 valence electrons. The minimum absolute atomic E-state index is 0.0118. The number of amides is 2. The van der Waals surface area contributed by atoms with Crippen molar-refractivity contribution in [2.45, 2.75) is 33.4 Å². The summed E-state index contributed by atoms with van der Waals surface area (Å²) >= 11 is 5.93. The summed E-state index contributed by atoms with van der Waals surface area (Å²) in [5.41, 5.74) is 2.36. The van der Waals surface area contributed by atoms with E-state index in [0.29, 0.717) is 17.1 Å². The Kier molecular flexibility index (Phi) is 5.99. The van der Waals surface area contributed by atoms with Gasteiger partial charge in [-0.25, -0.2) is 0 Å². The lowest BCUT2D eigenvalue weighted by Gasteiger charge is -2.27. The minimum Gasteiger partial charge on any atom is -0.352 e. The molecule has 0 spiro atoms. The average molecular weight is 345 g/mol. The quantitative estimate of drug-likeness (QED) is 0.890. The molecule has 5 heteroatoms. The molecule has 0 heterocycles. The van der Waals surface area contributed by atoms with Crippen LogP contribution in [0.4, 0.5) is 5.69 Å². The molecule has 2 rings (SSSR count). The third-order valence-corrected chi connectivity index (χ3v) is 3.83. The Morgan fingerprint density at radius 3 is 2.12 bits per heavy atom. The summed E-state index contributed by atoms with van der Waals surface area (Å²) in [7, 11) is 0. The molecular formula is C19H21ClN2O2. The first-order valence-electron chi connectivity index (χ1n) is 7.81. The van der Waals surface area contributed by atoms with Crippen LogP contribution in [0, 0.1) is 0 Å². The Morgan fingerprint density at radius 2 is 1.62 bits per heavy atom. The highest BCUT2D eigenvalue weighted by Crippen LogP contribution is 2.22. The van der Waals surface area contributed by atoms with Crippen molar-refractivity contribution in [2.24, 2.45) is 0 Å². The van der Waals surface area contributed by atoms with E-state index < -0.39 is 0 Å². The molecule has 0 aliphatic rings. The number of benzene rings is 2. The second-order valence-corrected chi connectivity index (χ2v) is 6.29. The van der Waals surface area contributed by atoms with Gasteiger partial charge >= 0.3 is 0 Å². The fourth-order valence-corrected chi connectivity index (χ4v) is 2.51. The number of carbonyl (C=O) groups is 2. The Labute approximate surface area is 147 Å². The van der Waals surface area contributed by atoms with Crippen LogP contribution in [0.1, 0.15) is 36.7 Å². The van der Waals surface area contributed by atoms with Gasteiger partial charge < -0.3 is 10.2 Å². The minimum atomic E-state index is -0.0797. The standard InChI is InChI=1S/C19H21ClN2O2/c1-13(2)22(18-10-8-17(20)9-11-18)19(24)16-6-4-15(5-7-16)12-21-14(3)23/h4-11,13H,12H2,1-3H3,(H,21,23). The Bertz CT molecular complexity index is 709. The molecule has 4 nitrogen and oxygen atoms in total. The van der Waals surface area contributed by atoms with Crippen LogP contribution >= 0.6 is 11.6 Å². The molecule has 2 aromatic carbocycles. The highest BCUT2D eigenvalue weighted by Gasteiger charge is 2.20. The average Bonchev–Trinajstić information content (AvgIpc) is 2.55. The number of anilines is 1. The van der Waals surface area contributed by atoms with Crippen LogP contribution in [-0.4, -0.2) is 17.9 Å². The van der Waals surface area contributed by atoms with Gasteiger partial charge in [-0.1, -0.05) is 23.7 Å². The van der Waals surface area contributed by atoms with Crippen molar-refractivity contribution >= 4 is 29.1 Å². The summed E-state index contributed by atoms with van der Waals surface area (Å²) in [5, 5.41) is 3.37. The third kappa shape index (κ3) is 4.59. The van der Waals surface area contributed by atoms with Gasteiger partial charge in [0.05, 0.1) is 0 Å². The van der Waals surface area contributed by atoms with Crippen molar-refractivity contribution in [1.82, 2.24) is 5.32 Å². The largest absolute Gasteiger partial charge is 0.352 e. The van der Waals surface area contributed by atoms with Crippen molar-refractivity contribution in [3.63, 3.8) is 0 Å². The van der Waals surface area contributed by atoms with Crippen LogP contribution in [-0.2, 0) is 11.3 Å². The summed E-state index contributed by atoms with van der Waals surface area (Å²) in [5.74, 6) is -0.151. The van der Waals surface area contributed by atoms with Gasteiger partial charge in [-0.05, 0) is 55.8 Å². The van der Waals surface area contributed by atoms with Crippen LogP contribution in [0.3, 0.4) is 0 Å². The smallest absolute Gasteiger partial charge is 0.258 e. The van der Waals surface area contributed by atoms with E-state index in [2.05, 4.69) is 5.32 Å². The van der Waals surface area contributed by atoms with E-state index in [-0.39, 0.29) is 17.9 Å². The Balaban J connectivity index is 2.20. The van der Waals surface area contributed by atoms with E-state index >= 15 is 0 Å². The number of rotatable bonds is 5. The van der Waals surface area contributed by atoms with E-state index in [9.17, 15) is 9.59 Å². The second-order valence-electron chi connectivity index (χ2n) is 5.85. The van der Waals surface area contributed by atoms with Crippen LogP contribution in [0.5, 0.6) is 0 Å². The van der Waals surface area contributed by atoms with E-state index in [0.717, 1.165) is 11.3 Å². The third-order valence-electron chi connectivity index (χ3n) is 3.58. The van der Waals surface area contributed by atoms with Crippen molar-refractivity contribution in [3.8, 4) is 0 Å². The molecule has 0 aliphatic carbocycles. The van der Waals surface area contributed by atoms with Crippen molar-refractivity contribution < 1.29 is 9.59 Å². The highest BCUT2D eigenvalue weighted by atomic mass is 35.5. The van der Waals surface area contributed by atoms with Crippen LogP contribution < -0.4 is 10.2 Å². The molecule has 0 bridgehead atoms. The van der Waals surface area contributed by atoms with Gasteiger partial charge in [0.1, 0.15) is 0 Å². The first-order chi connectivity index (χ1) is 11.4. The van der Waals surface area contributed by atoms with E-state index in [4.69, 9.17) is 11.6 Å². The summed E-state index contributed by atoms with van der Waals surface area (Å²) in [6, 6.07) is 14.5. The molecule has 0 aromatic heterocycles. The van der Waals surface area contributed by atoms with Crippen LogP contribution in [0.2, 0.25) is 5.02 Å². The SMILES string of the molecule is CC(=O)NCc1ccc(C(=O)N(c2ccc(Cl)cc2)C(C)C)cc1. The summed E-state index contributed by atoms with van der Waals surface area (Å²) in [6.45, 7) is 5.87. The molecule has 2 aromatic rings. The predicted molar refractivity (Wildman–Crippen MR) is 97.4 cm³/mol. The number of hydrogen-bond acceptors (Lipinski definition) is 2. The lowest BCUT2D eigenvalue weighted by molar-refractivity contribution is -0.119. The van der Waals surface area contributed by atoms with Gasteiger partial charge in [0.15, 0.2) is 0 Å². The predicted octanol–water partition coefficient (Wildman–Crippen LogP) is 4.03. The number of hydrogen-bond donors (Lipinski definition) is 1. The van der Waals surface area contributed by atoms with E-state index in [1.54, 1.807) is 29.2 Å². The number of carbonyl (C=O) groups excluding carboxylic acids is 2. The topological polar surface area (TPSA) is 49.4 Å². The Morgan fingerprint density at radius 1 is 1.04 bits per heavy atom. The maximum Gasteiger partial charge on any atom is 0.258 e. The zero-order valence-corrected chi connectivity index (χ0v) is 14.8. The van der Waals surface area contributed by atoms with Crippen molar-refractivity contribution in [1.29, 1.82) is 0 Å². The van der Waals surface area contributed by atoms with Gasteiger partial charge in [-0.15, -0.1) is 0 Å². The fourth-order valence-electron chi connectivity index (χ4n) is 2.38. The Hall–Kier alpha value is -2.33. The molecule has 0 saturated carbocycles. The molecule has 0 fully saturated rings. The van der Waals surface area contributed by atoms with Crippen molar-refractivity contribution in [2.75, 3.05) is 4.90 Å². The molecule has 0 atom stereocenters. The number of halogens is 1. The normalized spacial score (nSPS) is 10.5. The maximum absolute atomic E-state index is 12.9. The number of nitrogens with zero attached hydrogens (tertiary/aromatic N) is 1. The zero-order chi connectivity index (χ0) is 17.7. The first kappa shape index (κ1) is 18.0. The molecular weight excluding hydrogens is 324 g/mol. The first-order valence-corrected chi connectivity index (χ1v) is 8.19. The van der Waals surface area contributed by atoms with Gasteiger partial charge in [-0.3, -0.25) is 9.59 Å². The maximum atomic E-state index is 12.9. The lowest BCUT2D eigenvalue weighted by atomic mass is 10.1. The van der Waals surface area contributed by atoms with E-state index in [1.807, 2.05) is 38.1 Å². The second kappa shape index (κ2) is 7.97. The summed E-state index contributed by atoms with van der Waals surface area (Å²) in [4.78, 5) is 25.6. The van der Waals surface area contributed by atoms with Crippen LogP contribution in [0.25, 0.3) is 0 Å². The van der Waals surface area contributed by atoms with Gasteiger partial charge in [0, 0.05) is 35.8 Å². The van der Waals surface area contributed by atoms with E-state index in [1.165, 1.54) is 6.92 Å². The molecule has 1 N–H and O–H groups in total. The van der Waals surface area contributed by atoms with Gasteiger partial charge in [-0.2, -0.15) is 0 Å². The summed E-state index contributed by atoms with van der Waals surface area (Å²) < 4.78 is 0. The molecule has 0 saturated heterocycles. The molecule has 0 radical (unpaired) electrons. The molecule has 24 heavy (non-hydrogen) atoms. The van der Waals surface area contributed by atoms with Gasteiger partial charge in [0.2, 0.25) is 5.91 Å². The molecule has 0 aliphatic heterocycles. The van der Waals surface area contributed by atoms with Crippen molar-refractivity contribution in [3.05, 3.63) is 64.7 Å². The van der Waals surface area contributed by atoms with Gasteiger partial charge in [0.25, 0.3) is 5.91 Å².